The van der Waals surface area contributed by atoms with Crippen LogP contribution in [0.2, 0.25) is 0 Å². The van der Waals surface area contributed by atoms with Gasteiger partial charge in [-0.15, -0.1) is 12.4 Å². The normalized spacial score (nSPS) is 16.3. The Hall–Kier alpha value is -0.710. The van der Waals surface area contributed by atoms with E-state index >= 15 is 0 Å². The molecule has 5 heteroatoms. The van der Waals surface area contributed by atoms with Gasteiger partial charge in [-0.3, -0.25) is 0 Å². The highest BCUT2D eigenvalue weighted by molar-refractivity contribution is 5.85. The average Bonchev–Trinajstić information content (AvgIpc) is 2.33. The van der Waals surface area contributed by atoms with Crippen LogP contribution in [0.1, 0.15) is 18.4 Å². The second kappa shape index (κ2) is 7.67. The molecule has 1 saturated heterocycles. The minimum atomic E-state index is -0.524. The topological polar surface area (TPSA) is 24.1 Å². The van der Waals surface area contributed by atoms with Crippen LogP contribution in [-0.2, 0) is 6.54 Å². The SMILES string of the molecule is Cl.Fc1ccc(CNCC2CCNCC2)c(F)c1. The molecule has 0 bridgehead atoms. The maximum atomic E-state index is 13.3. The zero-order chi connectivity index (χ0) is 12.1. The molecule has 2 N–H and O–H groups in total. The first-order valence-electron chi connectivity index (χ1n) is 6.11. The van der Waals surface area contributed by atoms with Crippen LogP contribution < -0.4 is 10.6 Å². The van der Waals surface area contributed by atoms with E-state index in [2.05, 4.69) is 10.6 Å². The van der Waals surface area contributed by atoms with Crippen LogP contribution in [0.3, 0.4) is 0 Å². The molecule has 0 spiro atoms. The van der Waals surface area contributed by atoms with E-state index in [0.29, 0.717) is 18.0 Å². The van der Waals surface area contributed by atoms with E-state index < -0.39 is 11.6 Å². The molecule has 1 aromatic rings. The molecule has 18 heavy (non-hydrogen) atoms. The van der Waals surface area contributed by atoms with E-state index in [9.17, 15) is 8.78 Å². The number of piperidine rings is 1. The quantitative estimate of drug-likeness (QED) is 0.883. The first-order valence-corrected chi connectivity index (χ1v) is 6.11. The molecule has 1 aromatic carbocycles. The summed E-state index contributed by atoms with van der Waals surface area (Å²) in [6, 6.07) is 3.73. The van der Waals surface area contributed by atoms with Gasteiger partial charge >= 0.3 is 0 Å². The molecule has 0 aliphatic carbocycles. The Balaban J connectivity index is 0.00000162. The van der Waals surface area contributed by atoms with Crippen LogP contribution in [0.15, 0.2) is 18.2 Å². The van der Waals surface area contributed by atoms with Crippen molar-refractivity contribution in [3.63, 3.8) is 0 Å². The van der Waals surface area contributed by atoms with E-state index in [1.165, 1.54) is 25.0 Å². The van der Waals surface area contributed by atoms with Gasteiger partial charge in [0, 0.05) is 18.2 Å². The van der Waals surface area contributed by atoms with Gasteiger partial charge in [0.15, 0.2) is 0 Å². The van der Waals surface area contributed by atoms with E-state index in [1.54, 1.807) is 0 Å². The number of halogens is 3. The summed E-state index contributed by atoms with van der Waals surface area (Å²) in [5, 5.41) is 6.55. The van der Waals surface area contributed by atoms with E-state index in [4.69, 9.17) is 0 Å². The lowest BCUT2D eigenvalue weighted by Gasteiger charge is -2.22. The van der Waals surface area contributed by atoms with Gasteiger partial charge in [-0.1, -0.05) is 6.07 Å². The molecule has 0 amide bonds. The monoisotopic (exact) mass is 276 g/mol. The van der Waals surface area contributed by atoms with Crippen molar-refractivity contribution >= 4 is 12.4 Å². The number of benzene rings is 1. The number of nitrogens with one attached hydrogen (secondary N) is 2. The first-order chi connectivity index (χ1) is 8.25. The van der Waals surface area contributed by atoms with Crippen molar-refractivity contribution < 1.29 is 8.78 Å². The third kappa shape index (κ3) is 4.52. The second-order valence-electron chi connectivity index (χ2n) is 4.56. The van der Waals surface area contributed by atoms with Crippen LogP contribution >= 0.6 is 12.4 Å². The summed E-state index contributed by atoms with van der Waals surface area (Å²) in [5.41, 5.74) is 0.528. The molecule has 0 saturated carbocycles. The number of hydrogen-bond acceptors (Lipinski definition) is 2. The standard InChI is InChI=1S/C13H18F2N2.ClH/c14-12-2-1-11(13(15)7-12)9-17-8-10-3-5-16-6-4-10;/h1-2,7,10,16-17H,3-6,8-9H2;1H. The highest BCUT2D eigenvalue weighted by Crippen LogP contribution is 2.12. The average molecular weight is 277 g/mol. The van der Waals surface area contributed by atoms with E-state index in [1.807, 2.05) is 0 Å². The van der Waals surface area contributed by atoms with Crippen LogP contribution in [0.5, 0.6) is 0 Å². The molecule has 1 fully saturated rings. The Bertz CT molecular complexity index is 368. The van der Waals surface area contributed by atoms with Crippen molar-refractivity contribution in [2.45, 2.75) is 19.4 Å². The van der Waals surface area contributed by atoms with Crippen LogP contribution in [-0.4, -0.2) is 19.6 Å². The first kappa shape index (κ1) is 15.3. The fourth-order valence-corrected chi connectivity index (χ4v) is 2.16. The Morgan fingerprint density at radius 2 is 1.94 bits per heavy atom. The molecule has 0 atom stereocenters. The highest BCUT2D eigenvalue weighted by atomic mass is 35.5. The smallest absolute Gasteiger partial charge is 0.130 e. The van der Waals surface area contributed by atoms with Gasteiger partial charge in [-0.2, -0.15) is 0 Å². The summed E-state index contributed by atoms with van der Waals surface area (Å²) in [5.74, 6) is -0.327. The van der Waals surface area contributed by atoms with E-state index in [-0.39, 0.29) is 12.4 Å². The number of hydrogen-bond donors (Lipinski definition) is 2. The predicted octanol–water partition coefficient (Wildman–Crippen LogP) is 2.48. The Morgan fingerprint density at radius 3 is 2.61 bits per heavy atom. The largest absolute Gasteiger partial charge is 0.317 e. The molecule has 1 aliphatic heterocycles. The van der Waals surface area contributed by atoms with Crippen molar-refractivity contribution in [2.75, 3.05) is 19.6 Å². The fourth-order valence-electron chi connectivity index (χ4n) is 2.16. The van der Waals surface area contributed by atoms with Crippen LogP contribution in [0.4, 0.5) is 8.78 Å². The predicted molar refractivity (Wildman–Crippen MR) is 70.9 cm³/mol. The van der Waals surface area contributed by atoms with E-state index in [0.717, 1.165) is 25.7 Å². The third-order valence-corrected chi connectivity index (χ3v) is 3.22. The van der Waals surface area contributed by atoms with Crippen molar-refractivity contribution in [3.8, 4) is 0 Å². The zero-order valence-corrected chi connectivity index (χ0v) is 11.0. The summed E-state index contributed by atoms with van der Waals surface area (Å²) in [7, 11) is 0. The van der Waals surface area contributed by atoms with Crippen LogP contribution in [0.25, 0.3) is 0 Å². The molecular weight excluding hydrogens is 258 g/mol. The molecule has 1 aliphatic rings. The van der Waals surface area contributed by atoms with Gasteiger partial charge in [0.2, 0.25) is 0 Å². The van der Waals surface area contributed by atoms with Gasteiger partial charge in [0.25, 0.3) is 0 Å². The lowest BCUT2D eigenvalue weighted by atomic mass is 9.98. The van der Waals surface area contributed by atoms with Crippen molar-refractivity contribution in [1.29, 1.82) is 0 Å². The van der Waals surface area contributed by atoms with Gasteiger partial charge in [-0.05, 0) is 44.5 Å². The third-order valence-electron chi connectivity index (χ3n) is 3.22. The molecule has 0 radical (unpaired) electrons. The summed E-state index contributed by atoms with van der Waals surface area (Å²) in [6.07, 6.45) is 2.33. The second-order valence-corrected chi connectivity index (χ2v) is 4.56. The molecule has 2 nitrogen and oxygen atoms in total. The van der Waals surface area contributed by atoms with Crippen LogP contribution in [0, 0.1) is 17.6 Å². The maximum absolute atomic E-state index is 13.3. The lowest BCUT2D eigenvalue weighted by molar-refractivity contribution is 0.355. The summed E-state index contributed by atoms with van der Waals surface area (Å²) in [4.78, 5) is 0. The minimum absolute atomic E-state index is 0. The van der Waals surface area contributed by atoms with Crippen molar-refractivity contribution in [2.24, 2.45) is 5.92 Å². The highest BCUT2D eigenvalue weighted by Gasteiger charge is 2.12. The van der Waals surface area contributed by atoms with Gasteiger partial charge in [0.05, 0.1) is 0 Å². The zero-order valence-electron chi connectivity index (χ0n) is 10.2. The molecule has 0 aromatic heterocycles. The summed E-state index contributed by atoms with van der Waals surface area (Å²) >= 11 is 0. The summed E-state index contributed by atoms with van der Waals surface area (Å²) < 4.78 is 26.0. The van der Waals surface area contributed by atoms with Gasteiger partial charge in [0.1, 0.15) is 11.6 Å². The maximum Gasteiger partial charge on any atom is 0.130 e. The Labute approximate surface area is 113 Å². The molecule has 0 unspecified atom stereocenters. The number of rotatable bonds is 4. The lowest BCUT2D eigenvalue weighted by Crippen LogP contribution is -2.33. The van der Waals surface area contributed by atoms with Gasteiger partial charge in [-0.25, -0.2) is 8.78 Å². The summed E-state index contributed by atoms with van der Waals surface area (Å²) in [6.45, 7) is 3.50. The molecule has 102 valence electrons. The van der Waals surface area contributed by atoms with Gasteiger partial charge < -0.3 is 10.6 Å². The molecular formula is C13H19ClF2N2. The minimum Gasteiger partial charge on any atom is -0.317 e. The Kier molecular flexibility index (Phi) is 6.54. The molecule has 1 heterocycles. The molecule has 2 rings (SSSR count). The fraction of sp³-hybridized carbons (Fsp3) is 0.538. The van der Waals surface area contributed by atoms with Crippen molar-refractivity contribution in [3.05, 3.63) is 35.4 Å². The van der Waals surface area contributed by atoms with Crippen molar-refractivity contribution in [1.82, 2.24) is 10.6 Å². The Morgan fingerprint density at radius 1 is 1.22 bits per heavy atom.